The number of aromatic nitrogens is 3. The first kappa shape index (κ1) is 16.7. The van der Waals surface area contributed by atoms with Gasteiger partial charge in [0.15, 0.2) is 0 Å². The van der Waals surface area contributed by atoms with Crippen LogP contribution in [0.5, 0.6) is 5.75 Å². The molecule has 0 fully saturated rings. The number of halogens is 1. The number of aryl methyl sites for hydroxylation is 1. The van der Waals surface area contributed by atoms with Crippen molar-refractivity contribution in [3.63, 3.8) is 0 Å². The summed E-state index contributed by atoms with van der Waals surface area (Å²) in [6.07, 6.45) is 1.39. The van der Waals surface area contributed by atoms with E-state index in [0.29, 0.717) is 31.6 Å². The second-order valence-electron chi connectivity index (χ2n) is 5.54. The molecule has 1 atom stereocenters. The molecule has 24 heavy (non-hydrogen) atoms. The van der Waals surface area contributed by atoms with E-state index in [-0.39, 0.29) is 22.4 Å². The summed E-state index contributed by atoms with van der Waals surface area (Å²) >= 11 is 0. The molecule has 10 heteroatoms. The lowest BCUT2D eigenvalue weighted by Gasteiger charge is -2.17. The fraction of sp³-hybridized carbons (Fsp3) is 0.429. The fourth-order valence-corrected chi connectivity index (χ4v) is 4.25. The zero-order valence-electron chi connectivity index (χ0n) is 13.0. The summed E-state index contributed by atoms with van der Waals surface area (Å²) in [5, 5.41) is 6.30. The molecule has 0 saturated carbocycles. The van der Waals surface area contributed by atoms with E-state index in [0.717, 1.165) is 12.1 Å². The molecule has 8 nitrogen and oxygen atoms in total. The largest absolute Gasteiger partial charge is 0.495 e. The SMILES string of the molecule is COc1ccc(F)cc1S(=O)(=O)NC1CCc2n[nH]c(=O)n2CC1. The van der Waals surface area contributed by atoms with Gasteiger partial charge in [-0.05, 0) is 31.0 Å². The van der Waals surface area contributed by atoms with Crippen LogP contribution in [0.2, 0.25) is 0 Å². The Morgan fingerprint density at radius 3 is 2.96 bits per heavy atom. The first-order valence-electron chi connectivity index (χ1n) is 7.40. The van der Waals surface area contributed by atoms with Gasteiger partial charge in [0, 0.05) is 19.0 Å². The first-order chi connectivity index (χ1) is 11.4. The molecule has 2 N–H and O–H groups in total. The standard InChI is InChI=1S/C14H17FN4O4S/c1-23-11-4-2-9(15)8-12(11)24(21,22)18-10-3-5-13-16-17-14(20)19(13)7-6-10/h2,4,8,10,18H,3,5-7H2,1H3,(H,17,20). The van der Waals surface area contributed by atoms with E-state index in [1.165, 1.54) is 17.7 Å². The maximum absolute atomic E-state index is 13.4. The number of nitrogens with one attached hydrogen (secondary N) is 2. The van der Waals surface area contributed by atoms with Gasteiger partial charge in [-0.15, -0.1) is 0 Å². The van der Waals surface area contributed by atoms with Gasteiger partial charge >= 0.3 is 5.69 Å². The molecule has 2 aromatic rings. The molecule has 130 valence electrons. The number of sulfonamides is 1. The molecule has 0 aliphatic carbocycles. The van der Waals surface area contributed by atoms with Gasteiger partial charge in [0.2, 0.25) is 10.0 Å². The minimum atomic E-state index is -3.95. The molecule has 0 radical (unpaired) electrons. The van der Waals surface area contributed by atoms with Gasteiger partial charge in [0.25, 0.3) is 0 Å². The topological polar surface area (TPSA) is 106 Å². The van der Waals surface area contributed by atoms with Crippen molar-refractivity contribution < 1.29 is 17.5 Å². The third-order valence-corrected chi connectivity index (χ3v) is 5.53. The maximum atomic E-state index is 13.4. The van der Waals surface area contributed by atoms with Crippen LogP contribution in [0.15, 0.2) is 27.9 Å². The Bertz CT molecular complexity index is 906. The van der Waals surface area contributed by atoms with Crippen LogP contribution in [0.25, 0.3) is 0 Å². The number of fused-ring (bicyclic) bond motifs is 1. The number of ether oxygens (including phenoxy) is 1. The maximum Gasteiger partial charge on any atom is 0.343 e. The van der Waals surface area contributed by atoms with Crippen LogP contribution in [0.3, 0.4) is 0 Å². The summed E-state index contributed by atoms with van der Waals surface area (Å²) < 4.78 is 47.7. The summed E-state index contributed by atoms with van der Waals surface area (Å²) in [6, 6.07) is 2.94. The molecule has 1 aliphatic rings. The molecule has 0 bridgehead atoms. The van der Waals surface area contributed by atoms with Crippen molar-refractivity contribution >= 4 is 10.0 Å². The van der Waals surface area contributed by atoms with Crippen LogP contribution in [0.4, 0.5) is 4.39 Å². The molecule has 0 amide bonds. The average Bonchev–Trinajstić information content (AvgIpc) is 2.77. The summed E-state index contributed by atoms with van der Waals surface area (Å²) in [6.45, 7) is 0.359. The Kier molecular flexibility index (Phi) is 4.41. The lowest BCUT2D eigenvalue weighted by molar-refractivity contribution is 0.399. The molecule has 2 heterocycles. The van der Waals surface area contributed by atoms with Crippen molar-refractivity contribution in [2.24, 2.45) is 0 Å². The second-order valence-corrected chi connectivity index (χ2v) is 7.22. The van der Waals surface area contributed by atoms with Crippen molar-refractivity contribution in [2.45, 2.75) is 36.7 Å². The van der Waals surface area contributed by atoms with Crippen molar-refractivity contribution in [1.29, 1.82) is 0 Å². The second kappa shape index (κ2) is 6.36. The fourth-order valence-electron chi connectivity index (χ4n) is 2.77. The summed E-state index contributed by atoms with van der Waals surface area (Å²) in [4.78, 5) is 11.4. The van der Waals surface area contributed by atoms with Gasteiger partial charge in [-0.2, -0.15) is 5.10 Å². The highest BCUT2D eigenvalue weighted by Crippen LogP contribution is 2.25. The van der Waals surface area contributed by atoms with E-state index in [1.54, 1.807) is 0 Å². The van der Waals surface area contributed by atoms with Gasteiger partial charge in [-0.25, -0.2) is 27.4 Å². The summed E-state index contributed by atoms with van der Waals surface area (Å²) in [7, 11) is -2.63. The van der Waals surface area contributed by atoms with Crippen molar-refractivity contribution in [3.8, 4) is 5.75 Å². The van der Waals surface area contributed by atoms with E-state index in [9.17, 15) is 17.6 Å². The Balaban J connectivity index is 1.81. The van der Waals surface area contributed by atoms with Crippen LogP contribution < -0.4 is 15.1 Å². The van der Waals surface area contributed by atoms with Gasteiger partial charge in [0.05, 0.1) is 7.11 Å². The van der Waals surface area contributed by atoms with E-state index in [4.69, 9.17) is 4.74 Å². The summed E-state index contributed by atoms with van der Waals surface area (Å²) in [5.74, 6) is 0.00985. The van der Waals surface area contributed by atoms with Crippen LogP contribution in [0.1, 0.15) is 18.7 Å². The predicted octanol–water partition coefficient (Wildman–Crippen LogP) is 0.402. The lowest BCUT2D eigenvalue weighted by atomic mass is 10.1. The average molecular weight is 356 g/mol. The van der Waals surface area contributed by atoms with Crippen LogP contribution in [-0.4, -0.2) is 36.3 Å². The van der Waals surface area contributed by atoms with Crippen molar-refractivity contribution in [3.05, 3.63) is 40.3 Å². The molecule has 1 aromatic carbocycles. The number of rotatable bonds is 4. The highest BCUT2D eigenvalue weighted by Gasteiger charge is 2.26. The lowest BCUT2D eigenvalue weighted by Crippen LogP contribution is -2.35. The van der Waals surface area contributed by atoms with Crippen LogP contribution in [-0.2, 0) is 23.0 Å². The Morgan fingerprint density at radius 2 is 2.21 bits per heavy atom. The molecule has 1 aromatic heterocycles. The number of aromatic amines is 1. The number of benzene rings is 1. The number of hydrogen-bond acceptors (Lipinski definition) is 5. The number of nitrogens with zero attached hydrogens (tertiary/aromatic N) is 2. The minimum absolute atomic E-state index is 0.0712. The van der Waals surface area contributed by atoms with Gasteiger partial charge in [0.1, 0.15) is 22.3 Å². The van der Waals surface area contributed by atoms with Crippen LogP contribution in [0, 0.1) is 5.82 Å². The van der Waals surface area contributed by atoms with Crippen LogP contribution >= 0.6 is 0 Å². The highest BCUT2D eigenvalue weighted by molar-refractivity contribution is 7.89. The zero-order chi connectivity index (χ0) is 17.3. The van der Waals surface area contributed by atoms with Crippen molar-refractivity contribution in [1.82, 2.24) is 19.5 Å². The minimum Gasteiger partial charge on any atom is -0.495 e. The molecule has 0 saturated heterocycles. The monoisotopic (exact) mass is 356 g/mol. The Morgan fingerprint density at radius 1 is 1.42 bits per heavy atom. The van der Waals surface area contributed by atoms with E-state index in [1.807, 2.05) is 0 Å². The third kappa shape index (κ3) is 3.20. The molecule has 3 rings (SSSR count). The number of hydrogen-bond donors (Lipinski definition) is 2. The quantitative estimate of drug-likeness (QED) is 0.825. The normalized spacial score (nSPS) is 18.0. The predicted molar refractivity (Wildman–Crippen MR) is 82.8 cm³/mol. The third-order valence-electron chi connectivity index (χ3n) is 3.99. The molecule has 1 unspecified atom stereocenters. The van der Waals surface area contributed by atoms with E-state index >= 15 is 0 Å². The summed E-state index contributed by atoms with van der Waals surface area (Å²) in [5.41, 5.74) is -0.305. The highest BCUT2D eigenvalue weighted by atomic mass is 32.2. The van der Waals surface area contributed by atoms with E-state index in [2.05, 4.69) is 14.9 Å². The van der Waals surface area contributed by atoms with Gasteiger partial charge < -0.3 is 4.74 Å². The van der Waals surface area contributed by atoms with Gasteiger partial charge in [-0.1, -0.05) is 0 Å². The molecule has 1 aliphatic heterocycles. The smallest absolute Gasteiger partial charge is 0.343 e. The number of H-pyrrole nitrogens is 1. The molecule has 0 spiro atoms. The van der Waals surface area contributed by atoms with E-state index < -0.39 is 15.8 Å². The van der Waals surface area contributed by atoms with Gasteiger partial charge in [-0.3, -0.25) is 4.57 Å². The first-order valence-corrected chi connectivity index (χ1v) is 8.89. The van der Waals surface area contributed by atoms with Crippen molar-refractivity contribution in [2.75, 3.05) is 7.11 Å². The Labute approximate surface area is 137 Å². The zero-order valence-corrected chi connectivity index (χ0v) is 13.8. The molecular formula is C14H17FN4O4S. The molecular weight excluding hydrogens is 339 g/mol. The Hall–Kier alpha value is -2.20. The number of methoxy groups -OCH3 is 1.